The topological polar surface area (TPSA) is 210 Å². The van der Waals surface area contributed by atoms with E-state index in [4.69, 9.17) is 26.1 Å². The minimum Gasteiger partial charge on any atom is -0.494 e. The van der Waals surface area contributed by atoms with Crippen molar-refractivity contribution in [2.45, 2.75) is 76.1 Å². The number of hydrogen-bond acceptors (Lipinski definition) is 13. The second-order valence-corrected chi connectivity index (χ2v) is 19.4. The number of ether oxygens (including phenoxy) is 2. The fourth-order valence-electron chi connectivity index (χ4n) is 8.67. The van der Waals surface area contributed by atoms with Gasteiger partial charge in [-0.05, 0) is 85.2 Å². The first-order valence-corrected chi connectivity index (χ1v) is 23.1. The Balaban J connectivity index is 1.04. The van der Waals surface area contributed by atoms with Crippen LogP contribution in [0.25, 0.3) is 16.0 Å². The highest BCUT2D eigenvalue weighted by Crippen LogP contribution is 2.42. The van der Waals surface area contributed by atoms with Crippen LogP contribution in [0.15, 0.2) is 65.9 Å². The Morgan fingerprint density at radius 1 is 1.03 bits per heavy atom. The van der Waals surface area contributed by atoms with Gasteiger partial charge in [-0.3, -0.25) is 23.9 Å². The number of esters is 1. The molecule has 1 saturated carbocycles. The minimum absolute atomic E-state index is 0.0226. The molecule has 1 aliphatic heterocycles. The maximum Gasteiger partial charge on any atom is 0.308 e. The van der Waals surface area contributed by atoms with Crippen molar-refractivity contribution in [1.29, 1.82) is 0 Å². The quantitative estimate of drug-likeness (QED) is 0.0853. The van der Waals surface area contributed by atoms with Crippen LogP contribution in [-0.2, 0) is 37.9 Å². The molecule has 0 radical (unpaired) electrons. The minimum atomic E-state index is -3.91. The van der Waals surface area contributed by atoms with E-state index in [1.165, 1.54) is 31.9 Å². The molecule has 4 heterocycles. The van der Waals surface area contributed by atoms with Gasteiger partial charge in [0.1, 0.15) is 34.2 Å². The molecule has 0 saturated heterocycles. The van der Waals surface area contributed by atoms with Crippen molar-refractivity contribution in [3.63, 3.8) is 0 Å². The fourth-order valence-corrected chi connectivity index (χ4v) is 11.7. The number of ketones is 1. The standard InChI is InChI=1S/C44H45ClN8O8S2/c1-23-9-10-26(32(19-36(54)55)28-17-33-40(35(18-28)60-4)52(3)51-49-33)15-29(23)21-47-63(58,59)31-8-6-7-27(16-31)41(57)42-24(2)38-39(25-11-13-30(45)14-12-25)48-34(20-37(56)61-5)43-50-46-22-53(43)44(38)62-42/h9-15,17-18,22,27,31-32,34,47H,6-8,16,19-21H2,1-5H3,(H,54,55)/t27?,31?,32?,34-/m0/s1. The Labute approximate surface area is 372 Å². The lowest BCUT2D eigenvalue weighted by Gasteiger charge is -2.28. The molecule has 16 nitrogen and oxygen atoms in total. The number of carbonyl (C=O) groups excluding carboxylic acids is 2. The Morgan fingerprint density at radius 3 is 2.54 bits per heavy atom. The summed E-state index contributed by atoms with van der Waals surface area (Å²) in [5.41, 5.74) is 6.78. The van der Waals surface area contributed by atoms with E-state index in [1.54, 1.807) is 40.6 Å². The SMILES string of the molecule is COC(=O)C[C@@H]1N=C(c2ccc(Cl)cc2)c2c(sc(C(=O)C3CCCC(S(=O)(=O)NCc4cc(C(CC(=O)O)c5cc(OC)c6c(c5)nnn6C)ccc4C)C3)c2C)-n2cnnc21. The van der Waals surface area contributed by atoms with Crippen LogP contribution in [0.2, 0.25) is 5.02 Å². The molecule has 0 amide bonds. The number of carbonyl (C=O) groups is 3. The third-order valence-corrected chi connectivity index (χ3v) is 15.4. The second kappa shape index (κ2) is 17.7. The molecular formula is C44H45ClN8O8S2. The van der Waals surface area contributed by atoms with E-state index in [-0.39, 0.29) is 31.6 Å². The highest BCUT2D eigenvalue weighted by Gasteiger charge is 2.39. The maximum absolute atomic E-state index is 14.6. The zero-order valence-corrected chi connectivity index (χ0v) is 37.6. The molecule has 4 atom stereocenters. The van der Waals surface area contributed by atoms with Gasteiger partial charge in [0.25, 0.3) is 0 Å². The lowest BCUT2D eigenvalue weighted by molar-refractivity contribution is -0.141. The van der Waals surface area contributed by atoms with Crippen LogP contribution in [0, 0.1) is 19.8 Å². The molecule has 63 heavy (non-hydrogen) atoms. The lowest BCUT2D eigenvalue weighted by atomic mass is 9.84. The van der Waals surface area contributed by atoms with Crippen molar-refractivity contribution < 1.29 is 37.4 Å². The average molecular weight is 913 g/mol. The zero-order chi connectivity index (χ0) is 44.7. The number of Topliss-reactive ketones (excluding diaryl/α,β-unsaturated/α-hetero) is 1. The van der Waals surface area contributed by atoms with Crippen molar-refractivity contribution in [2.75, 3.05) is 14.2 Å². The molecule has 0 spiro atoms. The molecule has 3 aromatic carbocycles. The summed E-state index contributed by atoms with van der Waals surface area (Å²) in [4.78, 5) is 44.8. The van der Waals surface area contributed by atoms with Crippen LogP contribution in [0.5, 0.6) is 5.75 Å². The Hall–Kier alpha value is -5.82. The largest absolute Gasteiger partial charge is 0.494 e. The van der Waals surface area contributed by atoms with Crippen LogP contribution in [0.4, 0.5) is 0 Å². The summed E-state index contributed by atoms with van der Waals surface area (Å²) in [5, 5.41) is 27.1. The van der Waals surface area contributed by atoms with Crippen molar-refractivity contribution >= 4 is 67.4 Å². The number of halogens is 1. The van der Waals surface area contributed by atoms with Gasteiger partial charge in [0.15, 0.2) is 11.6 Å². The molecule has 2 aliphatic rings. The smallest absolute Gasteiger partial charge is 0.308 e. The van der Waals surface area contributed by atoms with Crippen LogP contribution >= 0.6 is 22.9 Å². The van der Waals surface area contributed by atoms with Gasteiger partial charge in [-0.2, -0.15) is 0 Å². The van der Waals surface area contributed by atoms with Gasteiger partial charge < -0.3 is 14.6 Å². The number of nitrogens with zero attached hydrogens (tertiary/aromatic N) is 7. The molecule has 19 heteroatoms. The molecule has 6 aromatic rings. The molecular weight excluding hydrogens is 868 g/mol. The summed E-state index contributed by atoms with van der Waals surface area (Å²) >= 11 is 7.53. The monoisotopic (exact) mass is 912 g/mol. The van der Waals surface area contributed by atoms with Gasteiger partial charge in [0, 0.05) is 41.6 Å². The van der Waals surface area contributed by atoms with Crippen molar-refractivity contribution in [2.24, 2.45) is 18.0 Å². The van der Waals surface area contributed by atoms with E-state index < -0.39 is 45.1 Å². The van der Waals surface area contributed by atoms with E-state index >= 15 is 0 Å². The number of sulfonamides is 1. The molecule has 0 bridgehead atoms. The van der Waals surface area contributed by atoms with Crippen LogP contribution < -0.4 is 9.46 Å². The van der Waals surface area contributed by atoms with E-state index in [2.05, 4.69) is 25.2 Å². The number of methoxy groups -OCH3 is 2. The Bertz CT molecular complexity index is 2910. The van der Waals surface area contributed by atoms with Crippen LogP contribution in [0.3, 0.4) is 0 Å². The normalized spacial score (nSPS) is 17.9. The summed E-state index contributed by atoms with van der Waals surface area (Å²) in [6.07, 6.45) is 2.84. The summed E-state index contributed by atoms with van der Waals surface area (Å²) in [6.45, 7) is 3.71. The predicted octanol–water partition coefficient (Wildman–Crippen LogP) is 6.81. The first-order chi connectivity index (χ1) is 30.2. The van der Waals surface area contributed by atoms with Crippen LogP contribution in [-0.4, -0.2) is 86.2 Å². The average Bonchev–Trinajstić information content (AvgIpc) is 3.99. The molecule has 328 valence electrons. The number of rotatable bonds is 14. The maximum atomic E-state index is 14.6. The second-order valence-electron chi connectivity index (χ2n) is 15.9. The number of benzene rings is 3. The zero-order valence-electron chi connectivity index (χ0n) is 35.2. The van der Waals surface area contributed by atoms with Gasteiger partial charge in [-0.1, -0.05) is 53.6 Å². The molecule has 8 rings (SSSR count). The number of aliphatic imine (C=N–C) groups is 1. The number of hydrogen-bond donors (Lipinski definition) is 2. The summed E-state index contributed by atoms with van der Waals surface area (Å²) in [6, 6.07) is 15.6. The van der Waals surface area contributed by atoms with Gasteiger partial charge >= 0.3 is 11.9 Å². The number of carboxylic acids is 1. The van der Waals surface area contributed by atoms with Gasteiger partial charge in [-0.15, -0.1) is 26.6 Å². The van der Waals surface area contributed by atoms with E-state index in [9.17, 15) is 27.9 Å². The van der Waals surface area contributed by atoms with Crippen molar-refractivity contribution in [3.8, 4) is 10.8 Å². The fraction of sp³-hybridized carbons (Fsp3) is 0.364. The Morgan fingerprint density at radius 2 is 1.81 bits per heavy atom. The number of aliphatic carboxylic acids is 1. The molecule has 3 unspecified atom stereocenters. The van der Waals surface area contributed by atoms with E-state index in [0.717, 1.165) is 11.1 Å². The van der Waals surface area contributed by atoms with E-state index in [0.29, 0.717) is 90.3 Å². The Kier molecular flexibility index (Phi) is 12.3. The number of aromatic nitrogens is 6. The summed E-state index contributed by atoms with van der Waals surface area (Å²) in [7, 11) is 0.677. The first kappa shape index (κ1) is 43.8. The molecule has 3 aromatic heterocycles. The third kappa shape index (κ3) is 8.64. The van der Waals surface area contributed by atoms with Crippen LogP contribution in [0.1, 0.15) is 105 Å². The van der Waals surface area contributed by atoms with E-state index in [1.807, 2.05) is 44.2 Å². The number of aryl methyl sites for hydroxylation is 2. The summed E-state index contributed by atoms with van der Waals surface area (Å²) < 4.78 is 44.9. The third-order valence-electron chi connectivity index (χ3n) is 12.0. The highest BCUT2D eigenvalue weighted by molar-refractivity contribution is 7.90. The number of nitrogens with one attached hydrogen (secondary N) is 1. The highest BCUT2D eigenvalue weighted by atomic mass is 35.5. The molecule has 1 fully saturated rings. The van der Waals surface area contributed by atoms with Crippen molar-refractivity contribution in [3.05, 3.63) is 116 Å². The summed E-state index contributed by atoms with van der Waals surface area (Å²) in [5.74, 6) is -1.84. The number of thiophene rings is 1. The van der Waals surface area contributed by atoms with Gasteiger partial charge in [-0.25, -0.2) is 17.8 Å². The first-order valence-electron chi connectivity index (χ1n) is 20.3. The predicted molar refractivity (Wildman–Crippen MR) is 237 cm³/mol. The number of carboxylic acid groups (broad SMARTS) is 1. The molecule has 1 aliphatic carbocycles. The van der Waals surface area contributed by atoms with Gasteiger partial charge in [0.2, 0.25) is 10.0 Å². The van der Waals surface area contributed by atoms with Crippen molar-refractivity contribution in [1.82, 2.24) is 34.5 Å². The number of fused-ring (bicyclic) bond motifs is 4. The molecule has 2 N–H and O–H groups in total. The lowest BCUT2D eigenvalue weighted by Crippen LogP contribution is -2.38. The van der Waals surface area contributed by atoms with Gasteiger partial charge in [0.05, 0.1) is 42.9 Å².